The van der Waals surface area contributed by atoms with Gasteiger partial charge in [0.15, 0.2) is 5.78 Å². The summed E-state index contributed by atoms with van der Waals surface area (Å²) in [5.74, 6) is -3.02. The van der Waals surface area contributed by atoms with E-state index in [-0.39, 0.29) is 25.0 Å². The Morgan fingerprint density at radius 1 is 1.26 bits per heavy atom. The Balaban J connectivity index is 2.32. The summed E-state index contributed by atoms with van der Waals surface area (Å²) < 4.78 is 23.1. The summed E-state index contributed by atoms with van der Waals surface area (Å²) in [4.78, 5) is 29.0. The molecule has 0 N–H and O–H groups in total. The van der Waals surface area contributed by atoms with Crippen LogP contribution in [0, 0.1) is 11.8 Å². The molecule has 0 aliphatic carbocycles. The average molecular weight is 288 g/mol. The van der Waals surface area contributed by atoms with Crippen molar-refractivity contribution in [1.29, 1.82) is 0 Å². The Bertz CT molecular complexity index is 468. The standard InChI is InChI=1S/C11H17N2O5P/c1-4-17-19(16,18-5-2)9-8-7(6-12-9)10(14)13(3)11(8)15/h6-9H,4-5H2,1-3H3. The van der Waals surface area contributed by atoms with Gasteiger partial charge < -0.3 is 9.05 Å². The number of hydrogen-bond acceptors (Lipinski definition) is 6. The van der Waals surface area contributed by atoms with Crippen LogP contribution in [0.3, 0.4) is 0 Å². The highest BCUT2D eigenvalue weighted by molar-refractivity contribution is 7.54. The molecule has 0 aromatic heterocycles. The maximum Gasteiger partial charge on any atom is 0.355 e. The molecule has 0 radical (unpaired) electrons. The van der Waals surface area contributed by atoms with Crippen LogP contribution in [0.25, 0.3) is 0 Å². The maximum atomic E-state index is 12.7. The van der Waals surface area contributed by atoms with Crippen molar-refractivity contribution in [3.63, 3.8) is 0 Å². The van der Waals surface area contributed by atoms with E-state index >= 15 is 0 Å². The smallest absolute Gasteiger partial charge is 0.307 e. The largest absolute Gasteiger partial charge is 0.355 e. The predicted molar refractivity (Wildman–Crippen MR) is 67.9 cm³/mol. The zero-order valence-electron chi connectivity index (χ0n) is 11.1. The minimum Gasteiger partial charge on any atom is -0.307 e. The van der Waals surface area contributed by atoms with Crippen LogP contribution in [0.2, 0.25) is 0 Å². The lowest BCUT2D eigenvalue weighted by atomic mass is 9.99. The van der Waals surface area contributed by atoms with Crippen molar-refractivity contribution < 1.29 is 23.2 Å². The third-order valence-electron chi connectivity index (χ3n) is 3.28. The van der Waals surface area contributed by atoms with Gasteiger partial charge in [-0.3, -0.25) is 24.0 Å². The molecular weight excluding hydrogens is 271 g/mol. The molecule has 19 heavy (non-hydrogen) atoms. The van der Waals surface area contributed by atoms with Crippen molar-refractivity contribution >= 4 is 25.6 Å². The summed E-state index contributed by atoms with van der Waals surface area (Å²) in [5.41, 5.74) is 0. The number of carbonyl (C=O) groups is 2. The van der Waals surface area contributed by atoms with Crippen LogP contribution >= 0.6 is 7.60 Å². The highest BCUT2D eigenvalue weighted by Gasteiger charge is 2.58. The molecule has 2 heterocycles. The maximum absolute atomic E-state index is 12.7. The summed E-state index contributed by atoms with van der Waals surface area (Å²) in [6.07, 6.45) is 1.39. The Hall–Kier alpha value is -1.04. The van der Waals surface area contributed by atoms with Gasteiger partial charge in [0, 0.05) is 13.3 Å². The zero-order chi connectivity index (χ0) is 14.2. The molecule has 7 nitrogen and oxygen atoms in total. The Kier molecular flexibility index (Phi) is 3.90. The van der Waals surface area contributed by atoms with Gasteiger partial charge in [0.1, 0.15) is 0 Å². The third-order valence-corrected chi connectivity index (χ3v) is 5.62. The molecule has 0 saturated carbocycles. The minimum absolute atomic E-state index is 0.193. The molecule has 1 saturated heterocycles. The van der Waals surface area contributed by atoms with Crippen molar-refractivity contribution in [1.82, 2.24) is 4.90 Å². The molecule has 3 atom stereocenters. The van der Waals surface area contributed by atoms with Gasteiger partial charge in [0.05, 0.1) is 25.0 Å². The van der Waals surface area contributed by atoms with Gasteiger partial charge in [-0.1, -0.05) is 0 Å². The summed E-state index contributed by atoms with van der Waals surface area (Å²) in [6, 6.07) is 0. The van der Waals surface area contributed by atoms with Crippen LogP contribution in [-0.4, -0.2) is 49.0 Å². The number of hydrogen-bond donors (Lipinski definition) is 0. The summed E-state index contributed by atoms with van der Waals surface area (Å²) in [5, 5.41) is 0. The van der Waals surface area contributed by atoms with Crippen LogP contribution in [0.4, 0.5) is 0 Å². The molecule has 0 aromatic rings. The number of imide groups is 1. The summed E-state index contributed by atoms with van der Waals surface area (Å²) in [7, 11) is -2.11. The van der Waals surface area contributed by atoms with Crippen LogP contribution in [0.1, 0.15) is 13.8 Å². The second-order valence-corrected chi connectivity index (χ2v) is 6.50. The second-order valence-electron chi connectivity index (χ2n) is 4.37. The van der Waals surface area contributed by atoms with E-state index in [1.54, 1.807) is 13.8 Å². The zero-order valence-corrected chi connectivity index (χ0v) is 12.0. The molecule has 106 valence electrons. The van der Waals surface area contributed by atoms with Crippen molar-refractivity contribution in [2.75, 3.05) is 20.3 Å². The van der Waals surface area contributed by atoms with E-state index in [1.807, 2.05) is 0 Å². The number of carbonyl (C=O) groups excluding carboxylic acids is 2. The number of likely N-dealkylation sites (tertiary alicyclic amines) is 1. The Morgan fingerprint density at radius 2 is 1.84 bits per heavy atom. The Labute approximate surface area is 111 Å². The first kappa shape index (κ1) is 14.4. The van der Waals surface area contributed by atoms with Gasteiger partial charge in [0.25, 0.3) is 0 Å². The lowest BCUT2D eigenvalue weighted by Gasteiger charge is -2.24. The fourth-order valence-electron chi connectivity index (χ4n) is 2.43. The van der Waals surface area contributed by atoms with Crippen molar-refractivity contribution in [2.45, 2.75) is 19.6 Å². The predicted octanol–water partition coefficient (Wildman–Crippen LogP) is 0.894. The number of amides is 2. The van der Waals surface area contributed by atoms with Crippen molar-refractivity contribution in [3.05, 3.63) is 0 Å². The van der Waals surface area contributed by atoms with E-state index < -0.39 is 25.2 Å². The molecule has 0 aromatic carbocycles. The van der Waals surface area contributed by atoms with Crippen molar-refractivity contribution in [3.8, 4) is 0 Å². The summed E-state index contributed by atoms with van der Waals surface area (Å²) in [6.45, 7) is 3.77. The number of aliphatic imine (C=N–C) groups is 1. The number of fused-ring (bicyclic) bond motifs is 1. The lowest BCUT2D eigenvalue weighted by molar-refractivity contribution is -0.138. The number of nitrogens with zero attached hydrogens (tertiary/aromatic N) is 2. The molecule has 2 rings (SSSR count). The SMILES string of the molecule is CCOP(=O)(OCC)C1N=CC2C(=O)N(C)C(=O)C21. The van der Waals surface area contributed by atoms with Crippen LogP contribution in [0.5, 0.6) is 0 Å². The first-order valence-corrected chi connectivity index (χ1v) is 7.81. The molecule has 2 aliphatic heterocycles. The average Bonchev–Trinajstić information content (AvgIpc) is 2.88. The van der Waals surface area contributed by atoms with Gasteiger partial charge in [-0.2, -0.15) is 0 Å². The molecule has 1 fully saturated rings. The van der Waals surface area contributed by atoms with Gasteiger partial charge >= 0.3 is 7.60 Å². The van der Waals surface area contributed by atoms with Gasteiger partial charge in [0.2, 0.25) is 11.8 Å². The first-order valence-electron chi connectivity index (χ1n) is 6.19. The molecule has 3 unspecified atom stereocenters. The molecule has 8 heteroatoms. The molecule has 2 amide bonds. The summed E-state index contributed by atoms with van der Waals surface area (Å²) >= 11 is 0. The van der Waals surface area contributed by atoms with E-state index in [0.29, 0.717) is 0 Å². The van der Waals surface area contributed by atoms with E-state index in [0.717, 1.165) is 4.90 Å². The van der Waals surface area contributed by atoms with E-state index in [4.69, 9.17) is 9.05 Å². The quantitative estimate of drug-likeness (QED) is 0.554. The van der Waals surface area contributed by atoms with E-state index in [9.17, 15) is 14.2 Å². The van der Waals surface area contributed by atoms with Crippen LogP contribution in [0.15, 0.2) is 4.99 Å². The van der Waals surface area contributed by atoms with E-state index in [2.05, 4.69) is 4.99 Å². The lowest BCUT2D eigenvalue weighted by Crippen LogP contribution is -2.30. The molecule has 0 bridgehead atoms. The molecular formula is C11H17N2O5P. The van der Waals surface area contributed by atoms with Crippen LogP contribution < -0.4 is 0 Å². The van der Waals surface area contributed by atoms with Crippen LogP contribution in [-0.2, 0) is 23.2 Å². The van der Waals surface area contributed by atoms with Gasteiger partial charge in [-0.25, -0.2) is 0 Å². The normalized spacial score (nSPS) is 30.3. The second kappa shape index (κ2) is 5.15. The van der Waals surface area contributed by atoms with E-state index in [1.165, 1.54) is 13.3 Å². The third kappa shape index (κ3) is 2.16. The van der Waals surface area contributed by atoms with Gasteiger partial charge in [-0.15, -0.1) is 0 Å². The topological polar surface area (TPSA) is 85.3 Å². The highest BCUT2D eigenvalue weighted by Crippen LogP contribution is 2.59. The van der Waals surface area contributed by atoms with Gasteiger partial charge in [-0.05, 0) is 13.8 Å². The Morgan fingerprint density at radius 3 is 2.37 bits per heavy atom. The highest BCUT2D eigenvalue weighted by atomic mass is 31.2. The monoisotopic (exact) mass is 288 g/mol. The molecule has 2 aliphatic rings. The minimum atomic E-state index is -3.53. The number of rotatable bonds is 5. The molecule has 0 spiro atoms. The fraction of sp³-hybridized carbons (Fsp3) is 0.727. The fourth-order valence-corrected chi connectivity index (χ4v) is 4.48. The van der Waals surface area contributed by atoms with Crippen molar-refractivity contribution in [2.24, 2.45) is 16.8 Å². The first-order chi connectivity index (χ1) is 8.96.